The Morgan fingerprint density at radius 3 is 2.87 bits per heavy atom. The molecule has 0 spiro atoms. The van der Waals surface area contributed by atoms with Gasteiger partial charge in [-0.15, -0.1) is 0 Å². The topological polar surface area (TPSA) is 41.9 Å². The van der Waals surface area contributed by atoms with E-state index >= 15 is 0 Å². The maximum absolute atomic E-state index is 9.41. The van der Waals surface area contributed by atoms with Crippen molar-refractivity contribution in [2.24, 2.45) is 0 Å². The summed E-state index contributed by atoms with van der Waals surface area (Å²) >= 11 is 0. The van der Waals surface area contributed by atoms with Gasteiger partial charge in [0.05, 0.1) is 6.10 Å². The first kappa shape index (κ1) is 11.3. The van der Waals surface area contributed by atoms with E-state index < -0.39 is 0 Å². The summed E-state index contributed by atoms with van der Waals surface area (Å²) in [6.45, 7) is 4.39. The lowest BCUT2D eigenvalue weighted by molar-refractivity contribution is -0.186. The molecule has 0 aromatic rings. The van der Waals surface area contributed by atoms with Gasteiger partial charge in [-0.2, -0.15) is 0 Å². The van der Waals surface area contributed by atoms with E-state index in [2.05, 4.69) is 0 Å². The Morgan fingerprint density at radius 2 is 2.27 bits per heavy atom. The smallest absolute Gasteiger partial charge is 0.158 e. The van der Waals surface area contributed by atoms with E-state index in [1.165, 1.54) is 6.42 Å². The molecule has 1 N–H and O–H groups in total. The number of ether oxygens (including phenoxy) is 2. The Hall–Kier alpha value is -0.160. The fraction of sp³-hybridized carbons (Fsp3) is 1.00. The van der Waals surface area contributed by atoms with Crippen molar-refractivity contribution in [3.63, 3.8) is 0 Å². The van der Waals surface area contributed by atoms with Crippen LogP contribution in [0.3, 0.4) is 0 Å². The van der Waals surface area contributed by atoms with Crippen LogP contribution in [0.15, 0.2) is 0 Å². The molecule has 0 amide bonds. The number of hydrogen-bond donors (Lipinski definition) is 1. The van der Waals surface area contributed by atoms with Gasteiger partial charge in [0.25, 0.3) is 0 Å². The maximum Gasteiger partial charge on any atom is 0.158 e. The van der Waals surface area contributed by atoms with Crippen LogP contribution in [0.1, 0.15) is 32.6 Å². The standard InChI is InChI=1S/C11H21NO3/c1-9(13)12-6-5-10(8-12)15-11-4-2-3-7-14-11/h9-11,13H,2-8H2,1H3/t9?,10-,11?/m0/s1. The van der Waals surface area contributed by atoms with Gasteiger partial charge in [-0.05, 0) is 32.6 Å². The molecule has 0 saturated carbocycles. The van der Waals surface area contributed by atoms with Crippen molar-refractivity contribution in [3.05, 3.63) is 0 Å². The van der Waals surface area contributed by atoms with Crippen LogP contribution in [0.5, 0.6) is 0 Å². The molecule has 0 aliphatic carbocycles. The lowest BCUT2D eigenvalue weighted by Crippen LogP contribution is -2.34. The van der Waals surface area contributed by atoms with E-state index in [4.69, 9.17) is 9.47 Å². The first-order valence-electron chi connectivity index (χ1n) is 5.95. The van der Waals surface area contributed by atoms with E-state index in [0.29, 0.717) is 0 Å². The average Bonchev–Trinajstić information content (AvgIpc) is 2.68. The third-order valence-corrected chi connectivity index (χ3v) is 3.19. The van der Waals surface area contributed by atoms with Gasteiger partial charge >= 0.3 is 0 Å². The Labute approximate surface area is 91.2 Å². The molecule has 3 atom stereocenters. The van der Waals surface area contributed by atoms with Gasteiger partial charge in [0, 0.05) is 19.7 Å². The van der Waals surface area contributed by atoms with Crippen molar-refractivity contribution in [3.8, 4) is 0 Å². The number of hydrogen-bond acceptors (Lipinski definition) is 4. The predicted molar refractivity (Wildman–Crippen MR) is 56.3 cm³/mol. The Bertz CT molecular complexity index is 192. The molecule has 4 nitrogen and oxygen atoms in total. The van der Waals surface area contributed by atoms with Crippen molar-refractivity contribution >= 4 is 0 Å². The zero-order valence-corrected chi connectivity index (χ0v) is 9.39. The van der Waals surface area contributed by atoms with Crippen molar-refractivity contribution in [2.75, 3.05) is 19.7 Å². The van der Waals surface area contributed by atoms with E-state index in [9.17, 15) is 5.11 Å². The normalized spacial score (nSPS) is 35.6. The molecular weight excluding hydrogens is 194 g/mol. The molecule has 0 aromatic carbocycles. The lowest BCUT2D eigenvalue weighted by atomic mass is 10.2. The van der Waals surface area contributed by atoms with Gasteiger partial charge in [0.2, 0.25) is 0 Å². The van der Waals surface area contributed by atoms with E-state index in [0.717, 1.165) is 39.0 Å². The zero-order chi connectivity index (χ0) is 10.7. The molecule has 0 aromatic heterocycles. The number of rotatable bonds is 3. The molecule has 0 radical (unpaired) electrons. The van der Waals surface area contributed by atoms with Gasteiger partial charge < -0.3 is 14.6 Å². The fourth-order valence-electron chi connectivity index (χ4n) is 2.24. The van der Waals surface area contributed by atoms with Crippen LogP contribution in [0.2, 0.25) is 0 Å². The number of aliphatic hydroxyl groups excluding tert-OH is 1. The molecule has 2 saturated heterocycles. The summed E-state index contributed by atoms with van der Waals surface area (Å²) in [6.07, 6.45) is 4.27. The highest BCUT2D eigenvalue weighted by Gasteiger charge is 2.28. The molecule has 88 valence electrons. The van der Waals surface area contributed by atoms with Crippen molar-refractivity contribution < 1.29 is 14.6 Å². The van der Waals surface area contributed by atoms with Crippen LogP contribution < -0.4 is 0 Å². The Balaban J connectivity index is 1.71. The molecular formula is C11H21NO3. The minimum Gasteiger partial charge on any atom is -0.379 e. The molecule has 2 rings (SSSR count). The Kier molecular flexibility index (Phi) is 3.97. The fourth-order valence-corrected chi connectivity index (χ4v) is 2.24. The zero-order valence-electron chi connectivity index (χ0n) is 9.39. The maximum atomic E-state index is 9.41. The van der Waals surface area contributed by atoms with Crippen molar-refractivity contribution in [1.29, 1.82) is 0 Å². The van der Waals surface area contributed by atoms with Gasteiger partial charge in [-0.1, -0.05) is 0 Å². The average molecular weight is 215 g/mol. The van der Waals surface area contributed by atoms with E-state index in [1.54, 1.807) is 6.92 Å². The van der Waals surface area contributed by atoms with Crippen molar-refractivity contribution in [1.82, 2.24) is 4.90 Å². The molecule has 2 aliphatic heterocycles. The summed E-state index contributed by atoms with van der Waals surface area (Å²) < 4.78 is 11.4. The molecule has 2 aliphatic rings. The summed E-state index contributed by atoms with van der Waals surface area (Å²) in [5.41, 5.74) is 0. The quantitative estimate of drug-likeness (QED) is 0.761. The third kappa shape index (κ3) is 3.14. The van der Waals surface area contributed by atoms with Gasteiger partial charge in [-0.25, -0.2) is 0 Å². The van der Waals surface area contributed by atoms with Gasteiger partial charge in [-0.3, -0.25) is 4.90 Å². The van der Waals surface area contributed by atoms with E-state index in [1.807, 2.05) is 4.90 Å². The van der Waals surface area contributed by atoms with Gasteiger partial charge in [0.1, 0.15) is 6.23 Å². The van der Waals surface area contributed by atoms with Crippen LogP contribution in [0.4, 0.5) is 0 Å². The molecule has 4 heteroatoms. The summed E-state index contributed by atoms with van der Waals surface area (Å²) in [7, 11) is 0. The number of aliphatic hydroxyl groups is 1. The van der Waals surface area contributed by atoms with E-state index in [-0.39, 0.29) is 18.6 Å². The number of likely N-dealkylation sites (tertiary alicyclic amines) is 1. The molecule has 2 fully saturated rings. The summed E-state index contributed by atoms with van der Waals surface area (Å²) in [5, 5.41) is 9.41. The predicted octanol–water partition coefficient (Wildman–Crippen LogP) is 0.942. The Morgan fingerprint density at radius 1 is 1.40 bits per heavy atom. The van der Waals surface area contributed by atoms with Crippen LogP contribution in [0.25, 0.3) is 0 Å². The SMILES string of the molecule is CC(O)N1CC[C@H](OC2CCCCO2)C1. The minimum absolute atomic E-state index is 0.00213. The first-order valence-corrected chi connectivity index (χ1v) is 5.95. The summed E-state index contributed by atoms with van der Waals surface area (Å²) in [5.74, 6) is 0. The van der Waals surface area contributed by atoms with Crippen molar-refractivity contribution in [2.45, 2.75) is 51.2 Å². The largest absolute Gasteiger partial charge is 0.379 e. The summed E-state index contributed by atoms with van der Waals surface area (Å²) in [4.78, 5) is 2.04. The number of nitrogens with zero attached hydrogens (tertiary/aromatic N) is 1. The van der Waals surface area contributed by atoms with Gasteiger partial charge in [0.15, 0.2) is 6.29 Å². The minimum atomic E-state index is -0.356. The molecule has 2 unspecified atom stereocenters. The second-order valence-electron chi connectivity index (χ2n) is 4.47. The second-order valence-corrected chi connectivity index (χ2v) is 4.47. The third-order valence-electron chi connectivity index (χ3n) is 3.19. The molecule has 0 bridgehead atoms. The highest BCUT2D eigenvalue weighted by molar-refractivity contribution is 4.77. The highest BCUT2D eigenvalue weighted by atomic mass is 16.7. The van der Waals surface area contributed by atoms with Crippen LogP contribution in [-0.2, 0) is 9.47 Å². The van der Waals surface area contributed by atoms with Crippen LogP contribution in [-0.4, -0.2) is 48.3 Å². The monoisotopic (exact) mass is 215 g/mol. The second kappa shape index (κ2) is 5.25. The molecule has 15 heavy (non-hydrogen) atoms. The van der Waals surface area contributed by atoms with Crippen LogP contribution in [0, 0.1) is 0 Å². The first-order chi connectivity index (χ1) is 7.25. The van der Waals surface area contributed by atoms with Crippen LogP contribution >= 0.6 is 0 Å². The summed E-state index contributed by atoms with van der Waals surface area (Å²) in [6, 6.07) is 0. The lowest BCUT2D eigenvalue weighted by Gasteiger charge is -2.26. The highest BCUT2D eigenvalue weighted by Crippen LogP contribution is 2.20. The molecule has 2 heterocycles.